The maximum Gasteiger partial charge on any atom is 0.244 e. The fourth-order valence-corrected chi connectivity index (χ4v) is 2.11. The van der Waals surface area contributed by atoms with Crippen LogP contribution in [0.2, 0.25) is 5.02 Å². The normalized spacial score (nSPS) is 10.1. The molecular weight excluding hydrogens is 300 g/mol. The van der Waals surface area contributed by atoms with Crippen molar-refractivity contribution in [3.63, 3.8) is 0 Å². The molecule has 4 nitrogen and oxygen atoms in total. The van der Waals surface area contributed by atoms with E-state index in [2.05, 4.69) is 5.32 Å². The third-order valence-electron chi connectivity index (χ3n) is 3.16. The molecule has 1 N–H and O–H groups in total. The highest BCUT2D eigenvalue weighted by Crippen LogP contribution is 2.18. The molecule has 0 aliphatic carbocycles. The van der Waals surface area contributed by atoms with Gasteiger partial charge in [-0.1, -0.05) is 29.3 Å². The number of aryl methyl sites for hydroxylation is 1. The zero-order valence-corrected chi connectivity index (χ0v) is 13.2. The van der Waals surface area contributed by atoms with Gasteiger partial charge in [0.25, 0.3) is 0 Å². The van der Waals surface area contributed by atoms with Crippen LogP contribution in [0.1, 0.15) is 12.5 Å². The average molecular weight is 317 g/mol. The highest BCUT2D eigenvalue weighted by Gasteiger charge is 2.15. The van der Waals surface area contributed by atoms with Crippen molar-refractivity contribution in [2.24, 2.45) is 0 Å². The van der Waals surface area contributed by atoms with E-state index in [4.69, 9.17) is 11.6 Å². The molecule has 2 rings (SSSR count). The second kappa shape index (κ2) is 7.09. The molecule has 22 heavy (non-hydrogen) atoms. The van der Waals surface area contributed by atoms with Gasteiger partial charge in [-0.25, -0.2) is 0 Å². The molecule has 2 amide bonds. The lowest BCUT2D eigenvalue weighted by atomic mass is 10.2. The molecule has 0 unspecified atom stereocenters. The van der Waals surface area contributed by atoms with Crippen LogP contribution in [0.15, 0.2) is 48.5 Å². The summed E-state index contributed by atoms with van der Waals surface area (Å²) in [5, 5.41) is 3.36. The fourth-order valence-electron chi connectivity index (χ4n) is 1.99. The van der Waals surface area contributed by atoms with Crippen molar-refractivity contribution in [3.05, 3.63) is 59.1 Å². The second-order valence-electron chi connectivity index (χ2n) is 5.00. The summed E-state index contributed by atoms with van der Waals surface area (Å²) in [6.45, 7) is 3.35. The smallest absolute Gasteiger partial charge is 0.244 e. The van der Waals surface area contributed by atoms with Gasteiger partial charge in [-0.05, 0) is 43.3 Å². The first-order valence-electron chi connectivity index (χ1n) is 6.86. The van der Waals surface area contributed by atoms with E-state index in [1.54, 1.807) is 24.3 Å². The summed E-state index contributed by atoms with van der Waals surface area (Å²) in [6.07, 6.45) is 0. The van der Waals surface area contributed by atoms with Gasteiger partial charge in [-0.15, -0.1) is 0 Å². The van der Waals surface area contributed by atoms with Gasteiger partial charge in [-0.2, -0.15) is 0 Å². The van der Waals surface area contributed by atoms with Crippen molar-refractivity contribution in [1.82, 2.24) is 0 Å². The number of nitrogens with zero attached hydrogens (tertiary/aromatic N) is 1. The third kappa shape index (κ3) is 4.33. The minimum absolute atomic E-state index is 0.0508. The second-order valence-corrected chi connectivity index (χ2v) is 5.43. The zero-order chi connectivity index (χ0) is 16.1. The maximum absolute atomic E-state index is 12.1. The Hall–Kier alpha value is -2.33. The zero-order valence-electron chi connectivity index (χ0n) is 12.5. The molecule has 5 heteroatoms. The molecule has 2 aromatic rings. The van der Waals surface area contributed by atoms with E-state index in [9.17, 15) is 9.59 Å². The number of rotatable bonds is 4. The molecule has 0 spiro atoms. The summed E-state index contributed by atoms with van der Waals surface area (Å²) in [4.78, 5) is 25.3. The van der Waals surface area contributed by atoms with Crippen molar-refractivity contribution in [2.45, 2.75) is 13.8 Å². The number of carbonyl (C=O) groups is 2. The van der Waals surface area contributed by atoms with Gasteiger partial charge in [0, 0.05) is 23.3 Å². The molecule has 0 bridgehead atoms. The quantitative estimate of drug-likeness (QED) is 0.936. The van der Waals surface area contributed by atoms with Crippen LogP contribution in [-0.4, -0.2) is 18.4 Å². The van der Waals surface area contributed by atoms with Gasteiger partial charge in [-0.3, -0.25) is 9.59 Å². The Bertz CT molecular complexity index is 666. The molecule has 0 heterocycles. The van der Waals surface area contributed by atoms with Crippen molar-refractivity contribution < 1.29 is 9.59 Å². The number of anilines is 2. The summed E-state index contributed by atoms with van der Waals surface area (Å²) in [5.74, 6) is -0.463. The standard InChI is InChI=1S/C17H17ClN2O2/c1-12-3-7-15(8-4-12)19-17(22)11-20(13(2)21)16-9-5-14(18)6-10-16/h3-10H,11H2,1-2H3,(H,19,22). The number of amides is 2. The summed E-state index contributed by atoms with van der Waals surface area (Å²) >= 11 is 5.84. The Morgan fingerprint density at radius 2 is 1.64 bits per heavy atom. The average Bonchev–Trinajstić information content (AvgIpc) is 2.48. The van der Waals surface area contributed by atoms with Gasteiger partial charge >= 0.3 is 0 Å². The van der Waals surface area contributed by atoms with Crippen molar-refractivity contribution in [1.29, 1.82) is 0 Å². The Kier molecular flexibility index (Phi) is 5.17. The van der Waals surface area contributed by atoms with Gasteiger partial charge in [0.1, 0.15) is 6.54 Å². The monoisotopic (exact) mass is 316 g/mol. The van der Waals surface area contributed by atoms with Crippen LogP contribution in [0.3, 0.4) is 0 Å². The number of halogens is 1. The van der Waals surface area contributed by atoms with Crippen LogP contribution in [0.4, 0.5) is 11.4 Å². The predicted molar refractivity (Wildman–Crippen MR) is 89.3 cm³/mol. The van der Waals surface area contributed by atoms with Crippen LogP contribution in [0.25, 0.3) is 0 Å². The molecule has 114 valence electrons. The predicted octanol–water partition coefficient (Wildman–Crippen LogP) is 3.64. The van der Waals surface area contributed by atoms with Crippen LogP contribution in [-0.2, 0) is 9.59 Å². The molecule has 0 saturated carbocycles. The lowest BCUT2D eigenvalue weighted by Gasteiger charge is -2.20. The van der Waals surface area contributed by atoms with Crippen LogP contribution < -0.4 is 10.2 Å². The number of benzene rings is 2. The number of carbonyl (C=O) groups excluding carboxylic acids is 2. The lowest BCUT2D eigenvalue weighted by molar-refractivity contribution is -0.120. The van der Waals surface area contributed by atoms with Crippen LogP contribution in [0, 0.1) is 6.92 Å². The topological polar surface area (TPSA) is 49.4 Å². The molecule has 2 aromatic carbocycles. The first-order chi connectivity index (χ1) is 10.5. The molecule has 0 atom stereocenters. The first-order valence-corrected chi connectivity index (χ1v) is 7.23. The van der Waals surface area contributed by atoms with E-state index in [-0.39, 0.29) is 18.4 Å². The summed E-state index contributed by atoms with van der Waals surface area (Å²) in [6, 6.07) is 14.3. The van der Waals surface area contributed by atoms with Gasteiger partial charge in [0.15, 0.2) is 0 Å². The van der Waals surface area contributed by atoms with Gasteiger partial charge in [0.05, 0.1) is 0 Å². The summed E-state index contributed by atoms with van der Waals surface area (Å²) < 4.78 is 0. The third-order valence-corrected chi connectivity index (χ3v) is 3.41. The van der Waals surface area contributed by atoms with E-state index in [0.29, 0.717) is 16.4 Å². The minimum atomic E-state index is -0.256. The molecule has 0 saturated heterocycles. The highest BCUT2D eigenvalue weighted by atomic mass is 35.5. The Morgan fingerprint density at radius 3 is 2.18 bits per heavy atom. The SMILES string of the molecule is CC(=O)N(CC(=O)Nc1ccc(C)cc1)c1ccc(Cl)cc1. The van der Waals surface area contributed by atoms with Crippen molar-refractivity contribution >= 4 is 34.8 Å². The first kappa shape index (κ1) is 16.0. The van der Waals surface area contributed by atoms with Crippen molar-refractivity contribution in [2.75, 3.05) is 16.8 Å². The number of hydrogen-bond donors (Lipinski definition) is 1. The van der Waals surface area contributed by atoms with Crippen molar-refractivity contribution in [3.8, 4) is 0 Å². The van der Waals surface area contributed by atoms with Gasteiger partial charge in [0.2, 0.25) is 11.8 Å². The lowest BCUT2D eigenvalue weighted by Crippen LogP contribution is -2.36. The van der Waals surface area contributed by atoms with Crippen LogP contribution >= 0.6 is 11.6 Å². The highest BCUT2D eigenvalue weighted by molar-refractivity contribution is 6.30. The molecular formula is C17H17ClN2O2. The van der Waals surface area contributed by atoms with E-state index in [0.717, 1.165) is 5.56 Å². The largest absolute Gasteiger partial charge is 0.325 e. The molecule has 0 aliphatic rings. The molecule has 0 aromatic heterocycles. The fraction of sp³-hybridized carbons (Fsp3) is 0.176. The van der Waals surface area contributed by atoms with E-state index in [1.165, 1.54) is 11.8 Å². The minimum Gasteiger partial charge on any atom is -0.325 e. The Labute approximate surface area is 134 Å². The summed E-state index contributed by atoms with van der Waals surface area (Å²) in [5.41, 5.74) is 2.45. The Morgan fingerprint density at radius 1 is 1.05 bits per heavy atom. The van der Waals surface area contributed by atoms with Crippen LogP contribution in [0.5, 0.6) is 0 Å². The number of hydrogen-bond acceptors (Lipinski definition) is 2. The van der Waals surface area contributed by atoms with Gasteiger partial charge < -0.3 is 10.2 Å². The number of nitrogens with one attached hydrogen (secondary N) is 1. The van der Waals surface area contributed by atoms with E-state index >= 15 is 0 Å². The van der Waals surface area contributed by atoms with E-state index < -0.39 is 0 Å². The summed E-state index contributed by atoms with van der Waals surface area (Å²) in [7, 11) is 0. The molecule has 0 radical (unpaired) electrons. The Balaban J connectivity index is 2.07. The maximum atomic E-state index is 12.1. The molecule has 0 aliphatic heterocycles. The molecule has 0 fully saturated rings. The van der Waals surface area contributed by atoms with E-state index in [1.807, 2.05) is 31.2 Å².